The number of rotatable bonds is 6. The van der Waals surface area contributed by atoms with Crippen LogP contribution in [0.1, 0.15) is 24.1 Å². The van der Waals surface area contributed by atoms with Crippen LogP contribution in [0.25, 0.3) is 0 Å². The van der Waals surface area contributed by atoms with Crippen LogP contribution >= 0.6 is 0 Å². The van der Waals surface area contributed by atoms with Crippen LogP contribution in [0, 0.1) is 10.1 Å². The summed E-state index contributed by atoms with van der Waals surface area (Å²) in [6.45, 7) is 1.32. The van der Waals surface area contributed by atoms with E-state index in [1.807, 2.05) is 41.1 Å². The van der Waals surface area contributed by atoms with Crippen LogP contribution < -0.4 is 5.32 Å². The van der Waals surface area contributed by atoms with Crippen LogP contribution in [0.4, 0.5) is 11.4 Å². The molecule has 1 unspecified atom stereocenters. The van der Waals surface area contributed by atoms with Gasteiger partial charge in [-0.3, -0.25) is 14.9 Å². The van der Waals surface area contributed by atoms with Crippen molar-refractivity contribution in [1.82, 2.24) is 9.55 Å². The highest BCUT2D eigenvalue weighted by atomic mass is 16.6. The molecule has 1 heterocycles. The predicted octanol–water partition coefficient (Wildman–Crippen LogP) is 3.58. The number of nitrogens with zero attached hydrogens (tertiary/aromatic N) is 3. The average Bonchev–Trinajstić information content (AvgIpc) is 3.15. The molecule has 0 aliphatic carbocycles. The lowest BCUT2D eigenvalue weighted by Crippen LogP contribution is -2.13. The molecule has 1 amide bonds. The van der Waals surface area contributed by atoms with Crippen LogP contribution in [-0.4, -0.2) is 20.4 Å². The second kappa shape index (κ2) is 7.60. The molecule has 7 heteroatoms. The third-order valence-corrected chi connectivity index (χ3v) is 4.07. The van der Waals surface area contributed by atoms with Crippen molar-refractivity contribution in [3.63, 3.8) is 0 Å². The molecule has 7 nitrogen and oxygen atoms in total. The van der Waals surface area contributed by atoms with E-state index < -0.39 is 4.92 Å². The lowest BCUT2D eigenvalue weighted by Gasteiger charge is -2.19. The van der Waals surface area contributed by atoms with E-state index in [0.29, 0.717) is 6.42 Å². The van der Waals surface area contributed by atoms with Crippen molar-refractivity contribution in [3.05, 3.63) is 88.5 Å². The molecule has 0 aliphatic rings. The first-order valence-corrected chi connectivity index (χ1v) is 8.12. The van der Waals surface area contributed by atoms with E-state index in [1.54, 1.807) is 24.7 Å². The minimum atomic E-state index is -0.483. The zero-order chi connectivity index (χ0) is 18.5. The van der Waals surface area contributed by atoms with Crippen LogP contribution in [0.15, 0.2) is 67.3 Å². The second-order valence-electron chi connectivity index (χ2n) is 5.93. The van der Waals surface area contributed by atoms with Crippen LogP contribution in [0.3, 0.4) is 0 Å². The van der Waals surface area contributed by atoms with Gasteiger partial charge in [0.25, 0.3) is 5.69 Å². The summed E-state index contributed by atoms with van der Waals surface area (Å²) in [6, 6.07) is 14.7. The number of imidazole rings is 1. The van der Waals surface area contributed by atoms with Crippen molar-refractivity contribution in [3.8, 4) is 0 Å². The highest BCUT2D eigenvalue weighted by molar-refractivity contribution is 5.91. The summed E-state index contributed by atoms with van der Waals surface area (Å²) in [5.74, 6) is -0.346. The summed E-state index contributed by atoms with van der Waals surface area (Å²) in [5, 5.41) is 13.9. The molecule has 1 aromatic heterocycles. The van der Waals surface area contributed by atoms with Gasteiger partial charge in [0, 0.05) is 25.4 Å². The normalized spacial score (nSPS) is 11.7. The van der Waals surface area contributed by atoms with Gasteiger partial charge in [-0.2, -0.15) is 0 Å². The van der Waals surface area contributed by atoms with Gasteiger partial charge in [-0.25, -0.2) is 4.98 Å². The molecule has 26 heavy (non-hydrogen) atoms. The SMILES string of the molecule is CC(=O)Nc1ccc(CC(c2ccccc2)n2ccnc2)cc1[N+](=O)[O-]. The molecule has 2 aromatic carbocycles. The molecule has 3 rings (SSSR count). The number of benzene rings is 2. The van der Waals surface area contributed by atoms with Gasteiger partial charge in [-0.1, -0.05) is 36.4 Å². The summed E-state index contributed by atoms with van der Waals surface area (Å²) in [4.78, 5) is 26.3. The Morgan fingerprint density at radius 1 is 1.27 bits per heavy atom. The average molecular weight is 350 g/mol. The summed E-state index contributed by atoms with van der Waals surface area (Å²) >= 11 is 0. The number of nitro benzene ring substituents is 1. The van der Waals surface area contributed by atoms with Crippen molar-refractivity contribution in [2.24, 2.45) is 0 Å². The standard InChI is InChI=1S/C19H18N4O3/c1-14(24)21-17-8-7-15(12-19(17)23(25)26)11-18(22-10-9-20-13-22)16-5-3-2-4-6-16/h2-10,12-13,18H,11H2,1H3,(H,21,24). The largest absolute Gasteiger partial charge is 0.330 e. The highest BCUT2D eigenvalue weighted by Gasteiger charge is 2.19. The number of anilines is 1. The van der Waals surface area contributed by atoms with Crippen LogP contribution in [0.5, 0.6) is 0 Å². The quantitative estimate of drug-likeness (QED) is 0.543. The Morgan fingerprint density at radius 2 is 2.04 bits per heavy atom. The van der Waals surface area contributed by atoms with Gasteiger partial charge in [-0.15, -0.1) is 0 Å². The summed E-state index contributed by atoms with van der Waals surface area (Å²) < 4.78 is 1.98. The zero-order valence-corrected chi connectivity index (χ0v) is 14.2. The summed E-state index contributed by atoms with van der Waals surface area (Å²) in [5.41, 5.74) is 1.97. The van der Waals surface area contributed by atoms with Crippen molar-refractivity contribution >= 4 is 17.3 Å². The Hall–Kier alpha value is -3.48. The molecule has 0 radical (unpaired) electrons. The zero-order valence-electron chi connectivity index (χ0n) is 14.2. The van der Waals surface area contributed by atoms with E-state index in [9.17, 15) is 14.9 Å². The first kappa shape index (κ1) is 17.3. The fraction of sp³-hybridized carbons (Fsp3) is 0.158. The minimum absolute atomic E-state index is 0.0371. The Morgan fingerprint density at radius 3 is 2.65 bits per heavy atom. The van der Waals surface area contributed by atoms with Gasteiger partial charge in [0.05, 0.1) is 17.3 Å². The molecule has 0 saturated heterocycles. The molecular formula is C19H18N4O3. The fourth-order valence-electron chi connectivity index (χ4n) is 2.90. The third kappa shape index (κ3) is 3.94. The first-order chi connectivity index (χ1) is 12.5. The predicted molar refractivity (Wildman–Crippen MR) is 97.9 cm³/mol. The topological polar surface area (TPSA) is 90.1 Å². The number of hydrogen-bond acceptors (Lipinski definition) is 4. The maximum atomic E-state index is 11.4. The first-order valence-electron chi connectivity index (χ1n) is 8.12. The minimum Gasteiger partial charge on any atom is -0.330 e. The van der Waals surface area contributed by atoms with Crippen molar-refractivity contribution in [2.45, 2.75) is 19.4 Å². The van der Waals surface area contributed by atoms with E-state index >= 15 is 0 Å². The van der Waals surface area contributed by atoms with Crippen molar-refractivity contribution < 1.29 is 9.72 Å². The lowest BCUT2D eigenvalue weighted by atomic mass is 9.98. The fourth-order valence-corrected chi connectivity index (χ4v) is 2.90. The number of nitro groups is 1. The van der Waals surface area contributed by atoms with E-state index in [2.05, 4.69) is 10.3 Å². The van der Waals surface area contributed by atoms with Crippen LogP contribution in [-0.2, 0) is 11.2 Å². The molecule has 0 saturated carbocycles. The maximum Gasteiger partial charge on any atom is 0.293 e. The van der Waals surface area contributed by atoms with Gasteiger partial charge < -0.3 is 9.88 Å². The lowest BCUT2D eigenvalue weighted by molar-refractivity contribution is -0.384. The number of nitrogens with one attached hydrogen (secondary N) is 1. The number of carbonyl (C=O) groups excluding carboxylic acids is 1. The Kier molecular flexibility index (Phi) is 5.07. The molecule has 1 N–H and O–H groups in total. The Bertz CT molecular complexity index is 908. The van der Waals surface area contributed by atoms with Crippen LogP contribution in [0.2, 0.25) is 0 Å². The molecule has 0 bridgehead atoms. The maximum absolute atomic E-state index is 11.4. The van der Waals surface area contributed by atoms with Crippen molar-refractivity contribution in [1.29, 1.82) is 0 Å². The molecular weight excluding hydrogens is 332 g/mol. The Labute approximate surface area is 150 Å². The van der Waals surface area contributed by atoms with E-state index in [-0.39, 0.29) is 23.3 Å². The number of aromatic nitrogens is 2. The van der Waals surface area contributed by atoms with Gasteiger partial charge in [0.1, 0.15) is 5.69 Å². The number of amides is 1. The smallest absolute Gasteiger partial charge is 0.293 e. The molecule has 0 spiro atoms. The third-order valence-electron chi connectivity index (χ3n) is 4.07. The molecule has 0 aliphatic heterocycles. The van der Waals surface area contributed by atoms with Gasteiger partial charge in [0.15, 0.2) is 0 Å². The van der Waals surface area contributed by atoms with Gasteiger partial charge in [0.2, 0.25) is 5.91 Å². The molecule has 0 fully saturated rings. The molecule has 3 aromatic rings. The van der Waals surface area contributed by atoms with Crippen molar-refractivity contribution in [2.75, 3.05) is 5.32 Å². The summed E-state index contributed by atoms with van der Waals surface area (Å²) in [6.07, 6.45) is 5.87. The monoisotopic (exact) mass is 350 g/mol. The highest BCUT2D eigenvalue weighted by Crippen LogP contribution is 2.29. The molecule has 1 atom stereocenters. The van der Waals surface area contributed by atoms with E-state index in [0.717, 1.165) is 11.1 Å². The summed E-state index contributed by atoms with van der Waals surface area (Å²) in [7, 11) is 0. The second-order valence-corrected chi connectivity index (χ2v) is 5.93. The van der Waals surface area contributed by atoms with Gasteiger partial charge in [-0.05, 0) is 23.6 Å². The van der Waals surface area contributed by atoms with E-state index in [4.69, 9.17) is 0 Å². The van der Waals surface area contributed by atoms with Gasteiger partial charge >= 0.3 is 0 Å². The number of carbonyl (C=O) groups is 1. The molecule has 132 valence electrons. The Balaban J connectivity index is 1.95. The number of hydrogen-bond donors (Lipinski definition) is 1. The van der Waals surface area contributed by atoms with E-state index in [1.165, 1.54) is 13.0 Å².